The standard InChI is InChI=1S/C15H22O3/c1-9(2)12(8-15(16)17)13-6-11(4)14(18-5)7-10(13)3/h6-7,9,12H,8H2,1-5H3,(H,16,17). The average molecular weight is 250 g/mol. The van der Waals surface area contributed by atoms with E-state index in [-0.39, 0.29) is 12.3 Å². The minimum absolute atomic E-state index is 0.0482. The number of carboxylic acid groups (broad SMARTS) is 1. The van der Waals surface area contributed by atoms with E-state index in [4.69, 9.17) is 9.84 Å². The van der Waals surface area contributed by atoms with Gasteiger partial charge in [0.05, 0.1) is 13.5 Å². The molecule has 3 heteroatoms. The largest absolute Gasteiger partial charge is 0.496 e. The zero-order valence-corrected chi connectivity index (χ0v) is 11.8. The van der Waals surface area contributed by atoms with Crippen molar-refractivity contribution in [3.63, 3.8) is 0 Å². The highest BCUT2D eigenvalue weighted by molar-refractivity contribution is 5.68. The van der Waals surface area contributed by atoms with Crippen LogP contribution in [0, 0.1) is 19.8 Å². The number of aryl methyl sites for hydroxylation is 2. The first-order valence-corrected chi connectivity index (χ1v) is 6.23. The van der Waals surface area contributed by atoms with Crippen molar-refractivity contribution in [2.24, 2.45) is 5.92 Å². The zero-order valence-electron chi connectivity index (χ0n) is 11.8. The van der Waals surface area contributed by atoms with Crippen LogP contribution in [0.1, 0.15) is 42.9 Å². The number of hydrogen-bond donors (Lipinski definition) is 1. The van der Waals surface area contributed by atoms with Gasteiger partial charge in [0.15, 0.2) is 0 Å². The van der Waals surface area contributed by atoms with Crippen molar-refractivity contribution in [1.82, 2.24) is 0 Å². The molecule has 0 radical (unpaired) electrons. The van der Waals surface area contributed by atoms with Gasteiger partial charge in [-0.25, -0.2) is 0 Å². The lowest BCUT2D eigenvalue weighted by Gasteiger charge is -2.23. The Balaban J connectivity index is 3.20. The van der Waals surface area contributed by atoms with Gasteiger partial charge in [0, 0.05) is 0 Å². The number of carbonyl (C=O) groups is 1. The minimum atomic E-state index is -0.749. The molecule has 100 valence electrons. The molecule has 1 aromatic rings. The highest BCUT2D eigenvalue weighted by atomic mass is 16.5. The van der Waals surface area contributed by atoms with E-state index >= 15 is 0 Å². The molecule has 1 N–H and O–H groups in total. The van der Waals surface area contributed by atoms with Gasteiger partial charge in [-0.3, -0.25) is 4.79 Å². The second-order valence-corrected chi connectivity index (χ2v) is 5.13. The molecular formula is C15H22O3. The van der Waals surface area contributed by atoms with Crippen molar-refractivity contribution in [2.75, 3.05) is 7.11 Å². The van der Waals surface area contributed by atoms with E-state index in [1.807, 2.05) is 19.9 Å². The van der Waals surface area contributed by atoms with Crippen molar-refractivity contribution >= 4 is 5.97 Å². The van der Waals surface area contributed by atoms with Crippen LogP contribution in [-0.4, -0.2) is 18.2 Å². The predicted octanol–water partition coefficient (Wildman–Crippen LogP) is 3.53. The van der Waals surface area contributed by atoms with Gasteiger partial charge in [-0.1, -0.05) is 19.9 Å². The molecule has 0 aliphatic heterocycles. The van der Waals surface area contributed by atoms with Crippen LogP contribution in [0.25, 0.3) is 0 Å². The van der Waals surface area contributed by atoms with Gasteiger partial charge in [0.25, 0.3) is 0 Å². The first-order chi connectivity index (χ1) is 8.36. The molecule has 3 nitrogen and oxygen atoms in total. The Morgan fingerprint density at radius 1 is 1.28 bits per heavy atom. The fourth-order valence-electron chi connectivity index (χ4n) is 2.32. The molecule has 1 rings (SSSR count). The monoisotopic (exact) mass is 250 g/mol. The summed E-state index contributed by atoms with van der Waals surface area (Å²) in [7, 11) is 1.65. The van der Waals surface area contributed by atoms with Gasteiger partial charge in [-0.2, -0.15) is 0 Å². The van der Waals surface area contributed by atoms with Gasteiger partial charge < -0.3 is 9.84 Å². The minimum Gasteiger partial charge on any atom is -0.496 e. The van der Waals surface area contributed by atoms with Crippen LogP contribution < -0.4 is 4.74 Å². The second kappa shape index (κ2) is 5.89. The van der Waals surface area contributed by atoms with E-state index in [2.05, 4.69) is 19.9 Å². The molecule has 1 unspecified atom stereocenters. The van der Waals surface area contributed by atoms with Crippen molar-refractivity contribution in [1.29, 1.82) is 0 Å². The lowest BCUT2D eigenvalue weighted by atomic mass is 9.83. The summed E-state index contributed by atoms with van der Waals surface area (Å²) >= 11 is 0. The molecule has 1 atom stereocenters. The molecule has 0 saturated heterocycles. The topological polar surface area (TPSA) is 46.5 Å². The van der Waals surface area contributed by atoms with Crippen LogP contribution in [0.4, 0.5) is 0 Å². The summed E-state index contributed by atoms with van der Waals surface area (Å²) in [6.07, 6.45) is 0.171. The Labute approximate surface area is 109 Å². The van der Waals surface area contributed by atoms with Crippen molar-refractivity contribution < 1.29 is 14.6 Å². The summed E-state index contributed by atoms with van der Waals surface area (Å²) < 4.78 is 5.29. The number of hydrogen-bond acceptors (Lipinski definition) is 2. The third-order valence-corrected chi connectivity index (χ3v) is 3.38. The smallest absolute Gasteiger partial charge is 0.303 e. The molecule has 0 amide bonds. The molecule has 0 fully saturated rings. The predicted molar refractivity (Wildman–Crippen MR) is 72.3 cm³/mol. The molecule has 0 heterocycles. The number of aliphatic carboxylic acids is 1. The van der Waals surface area contributed by atoms with Crippen LogP contribution in [-0.2, 0) is 4.79 Å². The van der Waals surface area contributed by atoms with Gasteiger partial charge in [-0.15, -0.1) is 0 Å². The number of rotatable bonds is 5. The lowest BCUT2D eigenvalue weighted by molar-refractivity contribution is -0.137. The molecule has 0 saturated carbocycles. The molecule has 0 aromatic heterocycles. The molecule has 18 heavy (non-hydrogen) atoms. The maximum atomic E-state index is 11.0. The van der Waals surface area contributed by atoms with E-state index in [0.717, 1.165) is 22.4 Å². The van der Waals surface area contributed by atoms with E-state index < -0.39 is 5.97 Å². The maximum Gasteiger partial charge on any atom is 0.303 e. The van der Waals surface area contributed by atoms with Gasteiger partial charge >= 0.3 is 5.97 Å². The molecular weight excluding hydrogens is 228 g/mol. The number of benzene rings is 1. The van der Waals surface area contributed by atoms with Crippen molar-refractivity contribution in [2.45, 2.75) is 40.0 Å². The highest BCUT2D eigenvalue weighted by Crippen LogP contribution is 2.33. The van der Waals surface area contributed by atoms with Gasteiger partial charge in [-0.05, 0) is 48.4 Å². The number of ether oxygens (including phenoxy) is 1. The summed E-state index contributed by atoms with van der Waals surface area (Å²) in [5, 5.41) is 9.03. The quantitative estimate of drug-likeness (QED) is 0.869. The van der Waals surface area contributed by atoms with Gasteiger partial charge in [0.1, 0.15) is 5.75 Å². The van der Waals surface area contributed by atoms with Gasteiger partial charge in [0.2, 0.25) is 0 Å². The maximum absolute atomic E-state index is 11.0. The lowest BCUT2D eigenvalue weighted by Crippen LogP contribution is -2.13. The Bertz CT molecular complexity index is 436. The fourth-order valence-corrected chi connectivity index (χ4v) is 2.32. The fraction of sp³-hybridized carbons (Fsp3) is 0.533. The summed E-state index contributed by atoms with van der Waals surface area (Å²) in [6, 6.07) is 4.05. The SMILES string of the molecule is COc1cc(C)c(C(CC(=O)O)C(C)C)cc1C. The first kappa shape index (κ1) is 14.6. The van der Waals surface area contributed by atoms with Crippen LogP contribution in [0.2, 0.25) is 0 Å². The van der Waals surface area contributed by atoms with Crippen molar-refractivity contribution in [3.8, 4) is 5.75 Å². The van der Waals surface area contributed by atoms with Crippen LogP contribution in [0.15, 0.2) is 12.1 Å². The highest BCUT2D eigenvalue weighted by Gasteiger charge is 2.21. The molecule has 1 aromatic carbocycles. The normalized spacial score (nSPS) is 12.6. The third-order valence-electron chi connectivity index (χ3n) is 3.38. The number of carboxylic acids is 1. The summed E-state index contributed by atoms with van der Waals surface area (Å²) in [5.41, 5.74) is 3.26. The molecule has 0 spiro atoms. The third kappa shape index (κ3) is 3.25. The van der Waals surface area contributed by atoms with Crippen molar-refractivity contribution in [3.05, 3.63) is 28.8 Å². The second-order valence-electron chi connectivity index (χ2n) is 5.13. The summed E-state index contributed by atoms with van der Waals surface area (Å²) in [5.74, 6) is 0.454. The summed E-state index contributed by atoms with van der Waals surface area (Å²) in [4.78, 5) is 11.0. The molecule has 0 aliphatic carbocycles. The Morgan fingerprint density at radius 2 is 1.89 bits per heavy atom. The molecule has 0 aliphatic rings. The number of methoxy groups -OCH3 is 1. The Morgan fingerprint density at radius 3 is 2.33 bits per heavy atom. The van der Waals surface area contributed by atoms with E-state index in [9.17, 15) is 4.79 Å². The van der Waals surface area contributed by atoms with Crippen LogP contribution in [0.5, 0.6) is 5.75 Å². The van der Waals surface area contributed by atoms with E-state index in [0.29, 0.717) is 5.92 Å². The van der Waals surface area contributed by atoms with Crippen LogP contribution >= 0.6 is 0 Å². The zero-order chi connectivity index (χ0) is 13.9. The Kier molecular flexibility index (Phi) is 4.76. The van der Waals surface area contributed by atoms with E-state index in [1.54, 1.807) is 7.11 Å². The summed E-state index contributed by atoms with van der Waals surface area (Å²) in [6.45, 7) is 8.12. The van der Waals surface area contributed by atoms with E-state index in [1.165, 1.54) is 0 Å². The average Bonchev–Trinajstić information content (AvgIpc) is 2.28. The first-order valence-electron chi connectivity index (χ1n) is 6.23. The Hall–Kier alpha value is -1.51. The van der Waals surface area contributed by atoms with Crippen LogP contribution in [0.3, 0.4) is 0 Å². The molecule has 0 bridgehead atoms.